The van der Waals surface area contributed by atoms with Crippen LogP contribution in [0.3, 0.4) is 0 Å². The van der Waals surface area contributed by atoms with E-state index in [1.54, 1.807) is 0 Å². The fraction of sp³-hybridized carbons (Fsp3) is 0. The van der Waals surface area contributed by atoms with Crippen LogP contribution in [0.25, 0.3) is 120 Å². The largest absolute Gasteiger partial charge is 0.455 e. The van der Waals surface area contributed by atoms with Crippen LogP contribution in [0.2, 0.25) is 0 Å². The molecule has 0 aliphatic heterocycles. The Hall–Kier alpha value is -7.16. The molecule has 0 unspecified atom stereocenters. The predicted octanol–water partition coefficient (Wildman–Crippen LogP) is 15.1. The SMILES string of the molecule is c1ccc(-c2cc(-c3cc4ccccc4c4c3oc3ccc5ccccc5c34)cc(-c3cc4ccccc4c4c3oc3ccc5ccccc5c34)c2)cc1. The quantitative estimate of drug-likeness (QED) is 0.185. The minimum Gasteiger partial charge on any atom is -0.455 e. The molecule has 2 heteroatoms. The first-order valence-corrected chi connectivity index (χ1v) is 18.5. The Balaban J connectivity index is 1.22. The highest BCUT2D eigenvalue weighted by Gasteiger charge is 2.22. The van der Waals surface area contributed by atoms with Crippen molar-refractivity contribution in [2.75, 3.05) is 0 Å². The summed E-state index contributed by atoms with van der Waals surface area (Å²) in [5.41, 5.74) is 10.2. The van der Waals surface area contributed by atoms with Crippen molar-refractivity contribution >= 4 is 87.0 Å². The summed E-state index contributed by atoms with van der Waals surface area (Å²) in [6, 6.07) is 65.4. The van der Waals surface area contributed by atoms with E-state index in [1.807, 2.05) is 0 Å². The molecule has 0 N–H and O–H groups in total. The first-order chi connectivity index (χ1) is 26.8. The molecular weight excluding hydrogens is 657 g/mol. The molecule has 0 spiro atoms. The summed E-state index contributed by atoms with van der Waals surface area (Å²) in [7, 11) is 0. The Labute approximate surface area is 310 Å². The third-order valence-corrected chi connectivity index (χ3v) is 11.4. The summed E-state index contributed by atoms with van der Waals surface area (Å²) in [4.78, 5) is 0. The van der Waals surface area contributed by atoms with E-state index in [2.05, 4.69) is 182 Å². The molecule has 0 saturated heterocycles. The first kappa shape index (κ1) is 29.4. The van der Waals surface area contributed by atoms with Gasteiger partial charge in [-0.15, -0.1) is 0 Å². The second-order valence-electron chi connectivity index (χ2n) is 14.4. The zero-order valence-corrected chi connectivity index (χ0v) is 29.1. The zero-order chi connectivity index (χ0) is 35.3. The fourth-order valence-electron chi connectivity index (χ4n) is 8.94. The van der Waals surface area contributed by atoms with Crippen LogP contribution < -0.4 is 0 Å². The molecule has 2 nitrogen and oxygen atoms in total. The number of rotatable bonds is 3. The van der Waals surface area contributed by atoms with Crippen molar-refractivity contribution in [3.05, 3.63) is 182 Å². The minimum absolute atomic E-state index is 0.895. The number of hydrogen-bond donors (Lipinski definition) is 0. The molecule has 250 valence electrons. The van der Waals surface area contributed by atoms with E-state index in [4.69, 9.17) is 8.83 Å². The van der Waals surface area contributed by atoms with Crippen molar-refractivity contribution in [3.8, 4) is 33.4 Å². The lowest BCUT2D eigenvalue weighted by molar-refractivity contribution is 0.670. The van der Waals surface area contributed by atoms with Gasteiger partial charge in [0, 0.05) is 32.7 Å². The van der Waals surface area contributed by atoms with Gasteiger partial charge < -0.3 is 8.83 Å². The van der Waals surface area contributed by atoms with Gasteiger partial charge in [0.15, 0.2) is 0 Å². The molecule has 0 radical (unpaired) electrons. The van der Waals surface area contributed by atoms with Crippen molar-refractivity contribution in [1.29, 1.82) is 0 Å². The lowest BCUT2D eigenvalue weighted by atomic mass is 9.89. The van der Waals surface area contributed by atoms with Crippen molar-refractivity contribution in [2.24, 2.45) is 0 Å². The number of benzene rings is 10. The highest BCUT2D eigenvalue weighted by atomic mass is 16.3. The highest BCUT2D eigenvalue weighted by Crippen LogP contribution is 2.47. The van der Waals surface area contributed by atoms with E-state index in [0.717, 1.165) is 77.3 Å². The van der Waals surface area contributed by atoms with Crippen LogP contribution in [-0.2, 0) is 0 Å². The molecule has 2 heterocycles. The van der Waals surface area contributed by atoms with Gasteiger partial charge in [-0.1, -0.05) is 140 Å². The summed E-state index contributed by atoms with van der Waals surface area (Å²) in [6.07, 6.45) is 0. The van der Waals surface area contributed by atoms with Crippen LogP contribution in [0.1, 0.15) is 0 Å². The molecule has 54 heavy (non-hydrogen) atoms. The van der Waals surface area contributed by atoms with Crippen LogP contribution in [0.15, 0.2) is 191 Å². The van der Waals surface area contributed by atoms with E-state index in [1.165, 1.54) is 43.1 Å². The van der Waals surface area contributed by atoms with E-state index < -0.39 is 0 Å². The summed E-state index contributed by atoms with van der Waals surface area (Å²) in [6.45, 7) is 0. The van der Waals surface area contributed by atoms with Gasteiger partial charge >= 0.3 is 0 Å². The van der Waals surface area contributed by atoms with Gasteiger partial charge in [0.05, 0.1) is 0 Å². The second-order valence-corrected chi connectivity index (χ2v) is 14.4. The van der Waals surface area contributed by atoms with Crippen molar-refractivity contribution in [1.82, 2.24) is 0 Å². The summed E-state index contributed by atoms with van der Waals surface area (Å²) in [5.74, 6) is 0. The van der Waals surface area contributed by atoms with Crippen LogP contribution in [0.4, 0.5) is 0 Å². The molecular formula is C52H30O2. The van der Waals surface area contributed by atoms with E-state index in [-0.39, 0.29) is 0 Å². The smallest absolute Gasteiger partial charge is 0.143 e. The highest BCUT2D eigenvalue weighted by molar-refractivity contribution is 6.30. The maximum absolute atomic E-state index is 6.94. The van der Waals surface area contributed by atoms with Crippen molar-refractivity contribution in [2.45, 2.75) is 0 Å². The molecule has 12 rings (SSSR count). The molecule has 0 aliphatic carbocycles. The van der Waals surface area contributed by atoms with Crippen LogP contribution in [0.5, 0.6) is 0 Å². The number of fused-ring (bicyclic) bond motifs is 14. The van der Waals surface area contributed by atoms with E-state index in [0.29, 0.717) is 0 Å². The fourth-order valence-corrected chi connectivity index (χ4v) is 8.94. The maximum atomic E-state index is 6.94. The number of hydrogen-bond acceptors (Lipinski definition) is 2. The van der Waals surface area contributed by atoms with Crippen molar-refractivity contribution < 1.29 is 8.83 Å². The predicted molar refractivity (Wildman–Crippen MR) is 227 cm³/mol. The van der Waals surface area contributed by atoms with Gasteiger partial charge in [-0.3, -0.25) is 0 Å². The van der Waals surface area contributed by atoms with Crippen LogP contribution in [-0.4, -0.2) is 0 Å². The Bertz CT molecular complexity index is 3280. The Morgan fingerprint density at radius 2 is 0.648 bits per heavy atom. The lowest BCUT2D eigenvalue weighted by Crippen LogP contribution is -1.89. The molecule has 0 saturated carbocycles. The summed E-state index contributed by atoms with van der Waals surface area (Å²) < 4.78 is 13.9. The van der Waals surface area contributed by atoms with Crippen molar-refractivity contribution in [3.63, 3.8) is 0 Å². The normalized spacial score (nSPS) is 12.1. The summed E-state index contributed by atoms with van der Waals surface area (Å²) in [5, 5.41) is 14.2. The van der Waals surface area contributed by atoms with Gasteiger partial charge in [0.1, 0.15) is 22.3 Å². The molecule has 2 aromatic heterocycles. The molecule has 0 aliphatic rings. The first-order valence-electron chi connectivity index (χ1n) is 18.5. The third kappa shape index (κ3) is 4.22. The monoisotopic (exact) mass is 686 g/mol. The molecule has 10 aromatic carbocycles. The molecule has 0 amide bonds. The standard InChI is InChI=1S/C52H30O2/c1-2-12-31(13-3-1)36-26-37(43-29-34-16-6-10-20-41(34)49-47-39-18-8-4-14-32(39)22-24-45(47)53-51(43)49)28-38(27-36)44-30-35-17-7-11-21-42(35)50-48-40-19-9-5-15-33(40)23-25-46(48)54-52(44)50/h1-30H. The van der Waals surface area contributed by atoms with Crippen LogP contribution in [0, 0.1) is 0 Å². The average molecular weight is 687 g/mol. The van der Waals surface area contributed by atoms with Gasteiger partial charge in [0.2, 0.25) is 0 Å². The average Bonchev–Trinajstić information content (AvgIpc) is 3.84. The maximum Gasteiger partial charge on any atom is 0.143 e. The molecule has 12 aromatic rings. The van der Waals surface area contributed by atoms with Crippen LogP contribution >= 0.6 is 0 Å². The van der Waals surface area contributed by atoms with E-state index in [9.17, 15) is 0 Å². The third-order valence-electron chi connectivity index (χ3n) is 11.4. The number of furan rings is 2. The zero-order valence-electron chi connectivity index (χ0n) is 29.1. The lowest BCUT2D eigenvalue weighted by Gasteiger charge is -2.14. The second kappa shape index (κ2) is 11.2. The Morgan fingerprint density at radius 3 is 1.13 bits per heavy atom. The van der Waals surface area contributed by atoms with Gasteiger partial charge in [-0.05, 0) is 108 Å². The van der Waals surface area contributed by atoms with E-state index >= 15 is 0 Å². The Kier molecular flexibility index (Phi) is 6.09. The van der Waals surface area contributed by atoms with Gasteiger partial charge in [-0.25, -0.2) is 0 Å². The Morgan fingerprint density at radius 1 is 0.259 bits per heavy atom. The molecule has 0 fully saturated rings. The van der Waals surface area contributed by atoms with Gasteiger partial charge in [0.25, 0.3) is 0 Å². The molecule has 0 atom stereocenters. The molecule has 0 bridgehead atoms. The minimum atomic E-state index is 0.895. The topological polar surface area (TPSA) is 26.3 Å². The van der Waals surface area contributed by atoms with Gasteiger partial charge in [-0.2, -0.15) is 0 Å². The summed E-state index contributed by atoms with van der Waals surface area (Å²) >= 11 is 0.